The quantitative estimate of drug-likeness (QED) is 0.638. The van der Waals surface area contributed by atoms with E-state index in [-0.39, 0.29) is 51.5 Å². The highest BCUT2D eigenvalue weighted by molar-refractivity contribution is 8.00. The summed E-state index contributed by atoms with van der Waals surface area (Å²) in [4.78, 5) is 60.5. The molecule has 2 aromatic heterocycles. The van der Waals surface area contributed by atoms with Gasteiger partial charge in [-0.3, -0.25) is 24.3 Å². The van der Waals surface area contributed by atoms with E-state index in [2.05, 4.69) is 9.97 Å². The number of carbonyl (C=O) groups is 3. The fourth-order valence-corrected chi connectivity index (χ4v) is 9.83. The monoisotopic (exact) mass is 485 g/mol. The molecule has 2 aliphatic carbocycles. The fraction of sp³-hybridized carbons (Fsp3) is 0.522. The molecule has 3 fully saturated rings. The molecule has 0 aromatic carbocycles. The summed E-state index contributed by atoms with van der Waals surface area (Å²) in [6, 6.07) is 2.75. The summed E-state index contributed by atoms with van der Waals surface area (Å²) in [5, 5.41) is 10.7. The highest BCUT2D eigenvalue weighted by atomic mass is 32.2. The molecule has 0 unspecified atom stereocenters. The SMILES string of the molecule is CC(C)[C@@H](C(=O)O)N1C(=O)[C@@H]2[C@@H]3C[C@H]([C@H]4Sc5[nH]c(=O)sc5[C@@H](c5cccnc5)[C@H]34)[C@@H]2C1=O. The lowest BCUT2D eigenvalue weighted by Gasteiger charge is -2.42. The molecule has 10 heteroatoms. The van der Waals surface area contributed by atoms with Crippen molar-refractivity contribution < 1.29 is 19.5 Å². The summed E-state index contributed by atoms with van der Waals surface area (Å²) in [5.41, 5.74) is 1.01. The molecule has 4 heterocycles. The molecular weight excluding hydrogens is 462 g/mol. The van der Waals surface area contributed by atoms with E-state index in [1.165, 1.54) is 11.3 Å². The van der Waals surface area contributed by atoms with Crippen LogP contribution in [0.15, 0.2) is 34.3 Å². The number of nitrogens with one attached hydrogen (secondary N) is 1. The lowest BCUT2D eigenvalue weighted by atomic mass is 9.68. The molecule has 2 amide bonds. The topological polar surface area (TPSA) is 120 Å². The lowest BCUT2D eigenvalue weighted by Crippen LogP contribution is -2.49. The molecule has 0 spiro atoms. The molecule has 33 heavy (non-hydrogen) atoms. The molecule has 6 rings (SSSR count). The van der Waals surface area contributed by atoms with Crippen molar-refractivity contribution >= 4 is 40.9 Å². The number of hydrogen-bond acceptors (Lipinski definition) is 7. The summed E-state index contributed by atoms with van der Waals surface area (Å²) in [5.74, 6) is -3.17. The molecule has 2 N–H and O–H groups in total. The van der Waals surface area contributed by atoms with Crippen molar-refractivity contribution in [2.24, 2.45) is 35.5 Å². The Kier molecular flexibility index (Phi) is 4.65. The second-order valence-corrected chi connectivity index (χ2v) is 12.0. The molecule has 0 radical (unpaired) electrons. The van der Waals surface area contributed by atoms with Crippen molar-refractivity contribution in [3.05, 3.63) is 44.6 Å². The van der Waals surface area contributed by atoms with Crippen LogP contribution in [0.5, 0.6) is 0 Å². The highest BCUT2D eigenvalue weighted by Crippen LogP contribution is 2.68. The van der Waals surface area contributed by atoms with Crippen molar-refractivity contribution in [1.82, 2.24) is 14.9 Å². The first kappa shape index (κ1) is 21.1. The minimum atomic E-state index is -1.14. The lowest BCUT2D eigenvalue weighted by molar-refractivity contribution is -0.157. The Bertz CT molecular complexity index is 1220. The molecule has 2 bridgehead atoms. The van der Waals surface area contributed by atoms with Crippen molar-refractivity contribution in [2.75, 3.05) is 0 Å². The number of amides is 2. The van der Waals surface area contributed by atoms with Gasteiger partial charge in [0.1, 0.15) is 6.04 Å². The number of carboxylic acids is 1. The van der Waals surface area contributed by atoms with E-state index in [1.54, 1.807) is 31.8 Å². The Morgan fingerprint density at radius 2 is 1.94 bits per heavy atom. The number of aromatic nitrogens is 2. The molecule has 8 nitrogen and oxygen atoms in total. The highest BCUT2D eigenvalue weighted by Gasteiger charge is 2.70. The molecule has 1 saturated heterocycles. The van der Waals surface area contributed by atoms with Crippen molar-refractivity contribution in [3.8, 4) is 0 Å². The predicted octanol–water partition coefficient (Wildman–Crippen LogP) is 2.41. The molecule has 4 aliphatic rings. The van der Waals surface area contributed by atoms with Crippen LogP contribution in [0.25, 0.3) is 0 Å². The summed E-state index contributed by atoms with van der Waals surface area (Å²) in [7, 11) is 0. The third kappa shape index (κ3) is 2.79. The first-order chi connectivity index (χ1) is 15.8. The predicted molar refractivity (Wildman–Crippen MR) is 121 cm³/mol. The number of nitrogens with zero attached hydrogens (tertiary/aromatic N) is 2. The second kappa shape index (κ2) is 7.27. The van der Waals surface area contributed by atoms with Gasteiger partial charge in [-0.2, -0.15) is 0 Å². The van der Waals surface area contributed by atoms with E-state index in [9.17, 15) is 24.3 Å². The van der Waals surface area contributed by atoms with Gasteiger partial charge >= 0.3 is 10.8 Å². The number of rotatable bonds is 4. The van der Waals surface area contributed by atoms with Gasteiger partial charge in [-0.1, -0.05) is 31.3 Å². The Morgan fingerprint density at radius 3 is 2.58 bits per heavy atom. The normalized spacial score (nSPS) is 35.0. The Morgan fingerprint density at radius 1 is 1.21 bits per heavy atom. The number of aromatic amines is 1. The molecule has 2 saturated carbocycles. The van der Waals surface area contributed by atoms with Crippen LogP contribution in [0.2, 0.25) is 0 Å². The number of thioether (sulfide) groups is 1. The van der Waals surface area contributed by atoms with Crippen LogP contribution in [0, 0.1) is 35.5 Å². The number of thiazole rings is 1. The van der Waals surface area contributed by atoms with Gasteiger partial charge in [-0.25, -0.2) is 4.79 Å². The van der Waals surface area contributed by atoms with Gasteiger partial charge in [0, 0.05) is 28.4 Å². The number of fused-ring (bicyclic) bond motifs is 9. The van der Waals surface area contributed by atoms with Crippen molar-refractivity contribution in [3.63, 3.8) is 0 Å². The summed E-state index contributed by atoms with van der Waals surface area (Å²) in [6.45, 7) is 3.45. The number of H-pyrrole nitrogens is 1. The van der Waals surface area contributed by atoms with E-state index in [0.717, 1.165) is 26.8 Å². The minimum Gasteiger partial charge on any atom is -0.480 e. The first-order valence-electron chi connectivity index (χ1n) is 11.2. The van der Waals surface area contributed by atoms with Gasteiger partial charge in [-0.15, -0.1) is 11.8 Å². The smallest absolute Gasteiger partial charge is 0.327 e. The third-order valence-corrected chi connectivity index (χ3v) is 10.6. The zero-order valence-corrected chi connectivity index (χ0v) is 19.6. The average Bonchev–Trinajstić information content (AvgIpc) is 3.49. The summed E-state index contributed by atoms with van der Waals surface area (Å²) < 4.78 is 0. The minimum absolute atomic E-state index is 0.0196. The number of aliphatic carboxylic acids is 1. The molecule has 172 valence electrons. The maximum absolute atomic E-state index is 13.6. The Labute approximate surface area is 197 Å². The van der Waals surface area contributed by atoms with E-state index < -0.39 is 23.8 Å². The van der Waals surface area contributed by atoms with Gasteiger partial charge in [0.05, 0.1) is 16.9 Å². The zero-order valence-electron chi connectivity index (χ0n) is 18.0. The molecule has 2 aliphatic heterocycles. The number of carboxylic acid groups (broad SMARTS) is 1. The van der Waals surface area contributed by atoms with Crippen LogP contribution in [-0.2, 0) is 14.4 Å². The van der Waals surface area contributed by atoms with E-state index in [1.807, 2.05) is 18.3 Å². The van der Waals surface area contributed by atoms with Gasteiger partial charge in [0.2, 0.25) is 11.8 Å². The third-order valence-electron chi connectivity index (χ3n) is 7.96. The van der Waals surface area contributed by atoms with Gasteiger partial charge in [0.15, 0.2) is 0 Å². The summed E-state index contributed by atoms with van der Waals surface area (Å²) >= 11 is 2.83. The summed E-state index contributed by atoms with van der Waals surface area (Å²) in [6.07, 6.45) is 4.31. The van der Waals surface area contributed by atoms with Gasteiger partial charge in [0.25, 0.3) is 0 Å². The van der Waals surface area contributed by atoms with Crippen LogP contribution in [0.4, 0.5) is 0 Å². The molecule has 8 atom stereocenters. The number of pyridine rings is 1. The van der Waals surface area contributed by atoms with Crippen LogP contribution in [0.3, 0.4) is 0 Å². The first-order valence-corrected chi connectivity index (χ1v) is 12.9. The number of carbonyl (C=O) groups excluding carboxylic acids is 2. The van der Waals surface area contributed by atoms with Crippen molar-refractivity contribution in [1.29, 1.82) is 0 Å². The standard InChI is InChI=1S/C23H23N3O5S2/c1-8(2)16(22(29)30)26-20(27)14-10-6-11(15(14)21(26)28)17-13(10)12(9-4-3-5-24-7-9)18-19(32-17)25-23(31)33-18/h3-5,7-8,10-17H,6H2,1-2H3,(H,25,31)(H,29,30)/t10-,11+,12+,13+,14-,15+,16+,17-/m1/s1. The van der Waals surface area contributed by atoms with Crippen molar-refractivity contribution in [2.45, 2.75) is 42.5 Å². The largest absolute Gasteiger partial charge is 0.480 e. The van der Waals surface area contributed by atoms with E-state index in [0.29, 0.717) is 0 Å². The fourth-order valence-electron chi connectivity index (χ4n) is 6.94. The van der Waals surface area contributed by atoms with Gasteiger partial charge < -0.3 is 10.1 Å². The van der Waals surface area contributed by atoms with Crippen LogP contribution in [-0.4, -0.2) is 49.0 Å². The maximum Gasteiger partial charge on any atom is 0.327 e. The van der Waals surface area contributed by atoms with E-state index >= 15 is 0 Å². The maximum atomic E-state index is 13.6. The Hall–Kier alpha value is -2.46. The average molecular weight is 486 g/mol. The zero-order chi connectivity index (χ0) is 23.2. The molecular formula is C23H23N3O5S2. The van der Waals surface area contributed by atoms with E-state index in [4.69, 9.17) is 0 Å². The van der Waals surface area contributed by atoms with Crippen LogP contribution >= 0.6 is 23.1 Å². The Balaban J connectivity index is 1.44. The second-order valence-electron chi connectivity index (χ2n) is 9.82. The van der Waals surface area contributed by atoms with Crippen LogP contribution < -0.4 is 4.87 Å². The van der Waals surface area contributed by atoms with Crippen LogP contribution in [0.1, 0.15) is 36.6 Å². The van der Waals surface area contributed by atoms with Gasteiger partial charge in [-0.05, 0) is 41.7 Å². The molecule has 2 aromatic rings. The number of likely N-dealkylation sites (tertiary alicyclic amines) is 1. The number of hydrogen-bond donors (Lipinski definition) is 2. The number of imide groups is 1.